The third-order valence-corrected chi connectivity index (χ3v) is 5.95. The zero-order valence-electron chi connectivity index (χ0n) is 18.3. The molecule has 0 aromatic carbocycles. The number of amides is 2. The summed E-state index contributed by atoms with van der Waals surface area (Å²) >= 11 is 0. The summed E-state index contributed by atoms with van der Waals surface area (Å²) in [6.45, 7) is 4.39. The van der Waals surface area contributed by atoms with Crippen molar-refractivity contribution in [2.24, 2.45) is 5.92 Å². The summed E-state index contributed by atoms with van der Waals surface area (Å²) in [7, 11) is -3.44. The Bertz CT molecular complexity index is 1100. The highest BCUT2D eigenvalue weighted by Crippen LogP contribution is 2.33. The monoisotopic (exact) mass is 460 g/mol. The highest BCUT2D eigenvalue weighted by atomic mass is 32.2. The molecule has 4 N–H and O–H groups in total. The molecule has 2 aromatic heterocycles. The highest BCUT2D eigenvalue weighted by Gasteiger charge is 2.34. The third-order valence-electron chi connectivity index (χ3n) is 5.37. The molecule has 0 aliphatic carbocycles. The Kier molecular flexibility index (Phi) is 6.97. The van der Waals surface area contributed by atoms with Crippen molar-refractivity contribution >= 4 is 39.2 Å². The van der Waals surface area contributed by atoms with Crippen molar-refractivity contribution in [3.05, 3.63) is 41.7 Å². The van der Waals surface area contributed by atoms with Crippen LogP contribution in [0.25, 0.3) is 0 Å². The summed E-state index contributed by atoms with van der Waals surface area (Å²) in [5.74, 6) is -0.565. The molecule has 3 heterocycles. The first-order chi connectivity index (χ1) is 15.1. The molecule has 3 rings (SSSR count). The number of nitrogen functional groups attached to an aromatic ring is 1. The lowest BCUT2D eigenvalue weighted by molar-refractivity contribution is -0.146. The molecule has 2 atom stereocenters. The molecule has 1 aliphatic heterocycles. The molecule has 0 radical (unpaired) electrons. The van der Waals surface area contributed by atoms with Crippen molar-refractivity contribution in [2.75, 3.05) is 28.6 Å². The van der Waals surface area contributed by atoms with E-state index in [-0.39, 0.29) is 17.8 Å². The van der Waals surface area contributed by atoms with Crippen LogP contribution in [0.1, 0.15) is 43.9 Å². The Balaban J connectivity index is 1.78. The minimum absolute atomic E-state index is 0.193. The number of hydrogen-bond acceptors (Lipinski definition) is 7. The first-order valence-corrected chi connectivity index (χ1v) is 12.3. The van der Waals surface area contributed by atoms with E-state index in [2.05, 4.69) is 20.0 Å². The number of hydrogen-bond donors (Lipinski definition) is 3. The van der Waals surface area contributed by atoms with Gasteiger partial charge in [-0.1, -0.05) is 19.9 Å². The molecule has 11 heteroatoms. The van der Waals surface area contributed by atoms with Crippen LogP contribution in [0.5, 0.6) is 0 Å². The van der Waals surface area contributed by atoms with Crippen LogP contribution < -0.4 is 15.8 Å². The maximum Gasteiger partial charge on any atom is 0.313 e. The predicted molar refractivity (Wildman–Crippen MR) is 122 cm³/mol. The van der Waals surface area contributed by atoms with Gasteiger partial charge in [0.1, 0.15) is 11.6 Å². The van der Waals surface area contributed by atoms with Gasteiger partial charge in [-0.2, -0.15) is 0 Å². The van der Waals surface area contributed by atoms with E-state index >= 15 is 0 Å². The summed E-state index contributed by atoms with van der Waals surface area (Å²) < 4.78 is 25.1. The van der Waals surface area contributed by atoms with Crippen molar-refractivity contribution in [3.63, 3.8) is 0 Å². The fourth-order valence-corrected chi connectivity index (χ4v) is 4.26. The lowest BCUT2D eigenvalue weighted by Crippen LogP contribution is -2.46. The van der Waals surface area contributed by atoms with Gasteiger partial charge < -0.3 is 16.0 Å². The topological polar surface area (TPSA) is 147 Å². The molecular formula is C21H28N6O4S. The molecule has 2 aromatic rings. The van der Waals surface area contributed by atoms with Crippen LogP contribution in [-0.4, -0.2) is 47.9 Å². The summed E-state index contributed by atoms with van der Waals surface area (Å²) in [5, 5.41) is 2.62. The number of rotatable bonds is 5. The fourth-order valence-electron chi connectivity index (χ4n) is 3.76. The number of nitrogens with two attached hydrogens (primary N) is 1. The Labute approximate surface area is 187 Å². The lowest BCUT2D eigenvalue weighted by atomic mass is 9.90. The average Bonchev–Trinajstić information content (AvgIpc) is 2.74. The molecule has 2 amide bonds. The second kappa shape index (κ2) is 9.51. The van der Waals surface area contributed by atoms with Gasteiger partial charge in [0.15, 0.2) is 0 Å². The van der Waals surface area contributed by atoms with E-state index in [9.17, 15) is 18.0 Å². The molecule has 1 aliphatic rings. The zero-order valence-corrected chi connectivity index (χ0v) is 19.1. The molecule has 10 nitrogen and oxygen atoms in total. The van der Waals surface area contributed by atoms with E-state index in [0.29, 0.717) is 30.9 Å². The number of aromatic nitrogens is 2. The van der Waals surface area contributed by atoms with Gasteiger partial charge in [0.25, 0.3) is 0 Å². The van der Waals surface area contributed by atoms with Gasteiger partial charge in [-0.3, -0.25) is 14.3 Å². The number of likely N-dealkylation sites (tertiary alicyclic amines) is 1. The van der Waals surface area contributed by atoms with Crippen LogP contribution in [0.15, 0.2) is 30.6 Å². The van der Waals surface area contributed by atoms with Gasteiger partial charge >= 0.3 is 11.8 Å². The van der Waals surface area contributed by atoms with Crippen molar-refractivity contribution in [1.29, 1.82) is 0 Å². The molecule has 1 saturated heterocycles. The van der Waals surface area contributed by atoms with E-state index in [4.69, 9.17) is 5.73 Å². The number of carbonyl (C=O) groups excluding carboxylic acids is 2. The van der Waals surface area contributed by atoms with Gasteiger partial charge in [-0.05, 0) is 48.4 Å². The lowest BCUT2D eigenvalue weighted by Gasteiger charge is -2.38. The van der Waals surface area contributed by atoms with Crippen LogP contribution >= 0.6 is 0 Å². The maximum atomic E-state index is 13.1. The maximum absolute atomic E-state index is 13.1. The number of nitrogens with zero attached hydrogens (tertiary/aromatic N) is 3. The molecule has 0 spiro atoms. The Morgan fingerprint density at radius 3 is 2.59 bits per heavy atom. The highest BCUT2D eigenvalue weighted by molar-refractivity contribution is 7.92. The third kappa shape index (κ3) is 5.72. The molecule has 0 bridgehead atoms. The van der Waals surface area contributed by atoms with Crippen LogP contribution in [0.4, 0.5) is 17.3 Å². The fraction of sp³-hybridized carbons (Fsp3) is 0.429. The average molecular weight is 461 g/mol. The van der Waals surface area contributed by atoms with Crippen molar-refractivity contribution in [2.45, 2.75) is 39.2 Å². The van der Waals surface area contributed by atoms with Gasteiger partial charge in [0, 0.05) is 12.7 Å². The smallest absolute Gasteiger partial charge is 0.313 e. The summed E-state index contributed by atoms with van der Waals surface area (Å²) in [5.41, 5.74) is 7.74. The van der Waals surface area contributed by atoms with Crippen LogP contribution in [0, 0.1) is 5.92 Å². The minimum Gasteiger partial charge on any atom is -0.383 e. The number of piperidine rings is 1. The molecule has 0 saturated carbocycles. The molecule has 172 valence electrons. The minimum atomic E-state index is -3.44. The van der Waals surface area contributed by atoms with Crippen molar-refractivity contribution < 1.29 is 18.0 Å². The van der Waals surface area contributed by atoms with Crippen LogP contribution in [-0.2, 0) is 26.0 Å². The number of nitrogens with one attached hydrogen (secondary N) is 2. The Hall–Kier alpha value is -3.21. The summed E-state index contributed by atoms with van der Waals surface area (Å²) in [6, 6.07) is 4.64. The second-order valence-electron chi connectivity index (χ2n) is 8.08. The van der Waals surface area contributed by atoms with Gasteiger partial charge in [-0.15, -0.1) is 0 Å². The van der Waals surface area contributed by atoms with E-state index in [1.165, 1.54) is 12.4 Å². The van der Waals surface area contributed by atoms with Crippen molar-refractivity contribution in [1.82, 2.24) is 14.9 Å². The van der Waals surface area contributed by atoms with E-state index in [0.717, 1.165) is 23.8 Å². The SMILES string of the molecule is CCc1cc(NC(=O)C(=O)N2CC(C)CCC2c2ccc(NS(C)(=O)=O)nc2)cnc1N. The molecule has 32 heavy (non-hydrogen) atoms. The number of sulfonamides is 1. The number of aryl methyl sites for hydroxylation is 1. The Morgan fingerprint density at radius 1 is 1.22 bits per heavy atom. The summed E-state index contributed by atoms with van der Waals surface area (Å²) in [6.07, 6.45) is 6.21. The molecule has 1 fully saturated rings. The number of carbonyl (C=O) groups is 2. The molecular weight excluding hydrogens is 432 g/mol. The Morgan fingerprint density at radius 2 is 1.97 bits per heavy atom. The summed E-state index contributed by atoms with van der Waals surface area (Å²) in [4.78, 5) is 35.6. The van der Waals surface area contributed by atoms with Gasteiger partial charge in [0.2, 0.25) is 10.0 Å². The van der Waals surface area contributed by atoms with Crippen molar-refractivity contribution in [3.8, 4) is 0 Å². The number of anilines is 3. The van der Waals surface area contributed by atoms with E-state index in [1.807, 2.05) is 13.8 Å². The quantitative estimate of drug-likeness (QED) is 0.578. The van der Waals surface area contributed by atoms with E-state index < -0.39 is 21.8 Å². The standard InChI is InChI=1S/C21H28N6O4S/c1-4-14-9-16(11-24-19(14)22)25-20(28)21(29)27-12-13(2)5-7-17(27)15-6-8-18(23-10-15)26-32(3,30)31/h6,8-11,13,17H,4-5,7,12H2,1-3H3,(H2,22,24)(H,23,26)(H,25,28). The largest absolute Gasteiger partial charge is 0.383 e. The zero-order chi connectivity index (χ0) is 23.5. The first-order valence-electron chi connectivity index (χ1n) is 10.4. The normalized spacial score (nSPS) is 18.8. The van der Waals surface area contributed by atoms with E-state index in [1.54, 1.807) is 23.1 Å². The van der Waals surface area contributed by atoms with Gasteiger partial charge in [-0.25, -0.2) is 18.4 Å². The molecule has 2 unspecified atom stereocenters. The van der Waals surface area contributed by atoms with Crippen LogP contribution in [0.3, 0.4) is 0 Å². The van der Waals surface area contributed by atoms with Gasteiger partial charge in [0.05, 0.1) is 24.2 Å². The van der Waals surface area contributed by atoms with Crippen LogP contribution in [0.2, 0.25) is 0 Å². The predicted octanol–water partition coefficient (Wildman–Crippen LogP) is 1.93. The second-order valence-corrected chi connectivity index (χ2v) is 9.83. The first kappa shape index (κ1) is 23.5. The number of pyridine rings is 2.